The summed E-state index contributed by atoms with van der Waals surface area (Å²) in [5, 5.41) is 16.7. The Labute approximate surface area is 97.6 Å². The Morgan fingerprint density at radius 1 is 1.62 bits per heavy atom. The smallest absolute Gasteiger partial charge is 0.347 e. The number of hydrogen-bond acceptors (Lipinski definition) is 4. The van der Waals surface area contributed by atoms with E-state index >= 15 is 0 Å². The van der Waals surface area contributed by atoms with Crippen LogP contribution in [0.4, 0.5) is 4.79 Å². The molecule has 2 amide bonds. The molecule has 90 valence electrons. The summed E-state index contributed by atoms with van der Waals surface area (Å²) in [6.45, 7) is 3.17. The monoisotopic (exact) mass is 263 g/mol. The lowest BCUT2D eigenvalue weighted by atomic mass is 10.0. The molecule has 0 fully saturated rings. The molecule has 0 saturated carbocycles. The van der Waals surface area contributed by atoms with Crippen LogP contribution in [0.25, 0.3) is 0 Å². The van der Waals surface area contributed by atoms with Gasteiger partial charge in [0.2, 0.25) is 0 Å². The maximum atomic E-state index is 11.8. The molecule has 8 heteroatoms. The minimum Gasteiger partial charge on any atom is -0.386 e. The molecular weight excluding hydrogens is 250 g/mol. The average Bonchev–Trinajstić information content (AvgIpc) is 2.47. The normalized spacial score (nSPS) is 15.5. The fourth-order valence-electron chi connectivity index (χ4n) is 0.969. The highest BCUT2D eigenvalue weighted by Crippen LogP contribution is 2.28. The number of amides is 2. The van der Waals surface area contributed by atoms with Crippen molar-refractivity contribution in [2.45, 2.75) is 23.7 Å². The van der Waals surface area contributed by atoms with Gasteiger partial charge >= 0.3 is 6.03 Å². The number of nitrogens with two attached hydrogens (primary N) is 2. The number of rotatable bonds is 2. The first-order valence-corrected chi connectivity index (χ1v) is 6.74. The second kappa shape index (κ2) is 4.13. The number of hydrogen-bond donors (Lipinski definition) is 3. The Balaban J connectivity index is 3.23. The van der Waals surface area contributed by atoms with Gasteiger partial charge in [-0.1, -0.05) is 0 Å². The van der Waals surface area contributed by atoms with E-state index in [4.69, 9.17) is 10.9 Å². The number of thiophene rings is 1. The van der Waals surface area contributed by atoms with Gasteiger partial charge in [-0.15, -0.1) is 15.7 Å². The predicted octanol–water partition coefficient (Wildman–Crippen LogP) is 0.755. The summed E-state index contributed by atoms with van der Waals surface area (Å²) >= 11 is 1.06. The van der Waals surface area contributed by atoms with E-state index in [2.05, 4.69) is 4.36 Å². The summed E-state index contributed by atoms with van der Waals surface area (Å²) in [4.78, 5) is 10.5. The number of urea groups is 1. The van der Waals surface area contributed by atoms with Gasteiger partial charge in [-0.25, -0.2) is 14.1 Å². The van der Waals surface area contributed by atoms with E-state index in [0.29, 0.717) is 5.56 Å². The fourth-order valence-corrected chi connectivity index (χ4v) is 3.22. The topological polar surface area (TPSA) is 119 Å². The molecule has 0 radical (unpaired) electrons. The molecule has 0 aromatic carbocycles. The maximum Gasteiger partial charge on any atom is 0.347 e. The van der Waals surface area contributed by atoms with Crippen molar-refractivity contribution in [2.24, 2.45) is 15.2 Å². The zero-order chi connectivity index (χ0) is 12.6. The Morgan fingerprint density at radius 3 is 2.56 bits per heavy atom. The first-order valence-electron chi connectivity index (χ1n) is 4.28. The van der Waals surface area contributed by atoms with E-state index in [9.17, 15) is 14.1 Å². The third kappa shape index (κ3) is 3.01. The van der Waals surface area contributed by atoms with Gasteiger partial charge in [-0.2, -0.15) is 0 Å². The summed E-state index contributed by atoms with van der Waals surface area (Å²) in [5.74, 6) is 0. The van der Waals surface area contributed by atoms with Gasteiger partial charge in [-0.05, 0) is 30.9 Å². The molecule has 0 bridgehead atoms. The molecule has 1 heterocycles. The summed E-state index contributed by atoms with van der Waals surface area (Å²) in [6.07, 6.45) is 0. The molecule has 1 aromatic heterocycles. The summed E-state index contributed by atoms with van der Waals surface area (Å²) in [7, 11) is -3.29. The first-order chi connectivity index (χ1) is 7.13. The third-order valence-electron chi connectivity index (χ3n) is 1.80. The second-order valence-electron chi connectivity index (χ2n) is 3.71. The Morgan fingerprint density at radius 2 is 2.19 bits per heavy atom. The molecule has 0 aliphatic heterocycles. The summed E-state index contributed by atoms with van der Waals surface area (Å²) in [6, 6.07) is 0.380. The van der Waals surface area contributed by atoms with E-state index in [1.165, 1.54) is 6.07 Å². The van der Waals surface area contributed by atoms with E-state index < -0.39 is 21.5 Å². The minimum absolute atomic E-state index is 0.212. The van der Waals surface area contributed by atoms with E-state index in [1.54, 1.807) is 19.2 Å². The standard InChI is InChI=1S/C8H13N3O3S2/c1-8(2,13)5-3-6(15-4-5)16(10,14)11-7(9)12/h3-4,13H,1-2H3,(H4,9,10,11,12,14). The second-order valence-corrected chi connectivity index (χ2v) is 6.64. The van der Waals surface area contributed by atoms with Crippen molar-refractivity contribution in [1.82, 2.24) is 0 Å². The maximum absolute atomic E-state index is 11.8. The van der Waals surface area contributed by atoms with Crippen LogP contribution < -0.4 is 10.9 Å². The molecule has 0 aliphatic rings. The van der Waals surface area contributed by atoms with Crippen LogP contribution >= 0.6 is 11.3 Å². The van der Waals surface area contributed by atoms with Crippen LogP contribution in [0.3, 0.4) is 0 Å². The van der Waals surface area contributed by atoms with Crippen molar-refractivity contribution in [3.63, 3.8) is 0 Å². The first kappa shape index (κ1) is 13.1. The average molecular weight is 263 g/mol. The molecular formula is C8H13N3O3S2. The van der Waals surface area contributed by atoms with Crippen LogP contribution in [0.1, 0.15) is 19.4 Å². The van der Waals surface area contributed by atoms with Crippen LogP contribution in [0.15, 0.2) is 20.0 Å². The highest BCUT2D eigenvalue weighted by Gasteiger charge is 2.20. The lowest BCUT2D eigenvalue weighted by Gasteiger charge is -2.14. The fraction of sp³-hybridized carbons (Fsp3) is 0.375. The Hall–Kier alpha value is -0.960. The number of primary amides is 1. The highest BCUT2D eigenvalue weighted by atomic mass is 32.2. The van der Waals surface area contributed by atoms with Crippen molar-refractivity contribution >= 4 is 27.3 Å². The molecule has 0 aliphatic carbocycles. The molecule has 6 nitrogen and oxygen atoms in total. The minimum atomic E-state index is -3.29. The lowest BCUT2D eigenvalue weighted by Crippen LogP contribution is -2.17. The van der Waals surface area contributed by atoms with E-state index in [-0.39, 0.29) is 4.21 Å². The van der Waals surface area contributed by atoms with Crippen molar-refractivity contribution in [3.8, 4) is 0 Å². The van der Waals surface area contributed by atoms with Crippen molar-refractivity contribution in [2.75, 3.05) is 0 Å². The third-order valence-corrected chi connectivity index (χ3v) is 4.67. The Kier molecular flexibility index (Phi) is 3.38. The molecule has 0 spiro atoms. The van der Waals surface area contributed by atoms with Crippen LogP contribution in [0, 0.1) is 0 Å². The zero-order valence-corrected chi connectivity index (χ0v) is 10.5. The molecule has 1 rings (SSSR count). The van der Waals surface area contributed by atoms with Crippen LogP contribution in [-0.2, 0) is 15.5 Å². The van der Waals surface area contributed by atoms with Gasteiger partial charge in [0.05, 0.1) is 5.60 Å². The van der Waals surface area contributed by atoms with Crippen LogP contribution in [0.5, 0.6) is 0 Å². The number of aliphatic hydroxyl groups is 1. The molecule has 1 unspecified atom stereocenters. The largest absolute Gasteiger partial charge is 0.386 e. The van der Waals surface area contributed by atoms with Gasteiger partial charge < -0.3 is 10.8 Å². The van der Waals surface area contributed by atoms with Crippen LogP contribution in [0.2, 0.25) is 0 Å². The van der Waals surface area contributed by atoms with Gasteiger partial charge in [0.1, 0.15) is 4.21 Å². The van der Waals surface area contributed by atoms with E-state index in [1.807, 2.05) is 0 Å². The SMILES string of the molecule is CC(C)(O)c1csc(S(N)(=O)=NC(N)=O)c1. The highest BCUT2D eigenvalue weighted by molar-refractivity contribution is 7.93. The van der Waals surface area contributed by atoms with E-state index in [0.717, 1.165) is 11.3 Å². The lowest BCUT2D eigenvalue weighted by molar-refractivity contribution is 0.0789. The summed E-state index contributed by atoms with van der Waals surface area (Å²) in [5.41, 5.74) is 4.30. The number of nitrogens with zero attached hydrogens (tertiary/aromatic N) is 1. The van der Waals surface area contributed by atoms with Crippen molar-refractivity contribution in [1.29, 1.82) is 0 Å². The molecule has 0 saturated heterocycles. The quantitative estimate of drug-likeness (QED) is 0.730. The van der Waals surface area contributed by atoms with Gasteiger partial charge in [0.25, 0.3) is 0 Å². The van der Waals surface area contributed by atoms with Crippen molar-refractivity contribution < 1.29 is 14.1 Å². The van der Waals surface area contributed by atoms with Gasteiger partial charge in [-0.3, -0.25) is 0 Å². The van der Waals surface area contributed by atoms with Gasteiger partial charge in [0, 0.05) is 0 Å². The molecule has 1 aromatic rings. The van der Waals surface area contributed by atoms with Gasteiger partial charge in [0.15, 0.2) is 9.92 Å². The molecule has 1 atom stereocenters. The van der Waals surface area contributed by atoms with Crippen LogP contribution in [-0.4, -0.2) is 15.3 Å². The van der Waals surface area contributed by atoms with Crippen molar-refractivity contribution in [3.05, 3.63) is 17.0 Å². The Bertz CT molecular complexity index is 521. The summed E-state index contributed by atoms with van der Waals surface area (Å²) < 4.78 is 15.1. The predicted molar refractivity (Wildman–Crippen MR) is 62.2 cm³/mol. The number of carbonyl (C=O) groups is 1. The zero-order valence-electron chi connectivity index (χ0n) is 8.84. The molecule has 5 N–H and O–H groups in total. The number of carbonyl (C=O) groups excluding carboxylic acids is 1. The molecule has 16 heavy (non-hydrogen) atoms.